The Balaban J connectivity index is 1.59. The lowest BCUT2D eigenvalue weighted by molar-refractivity contribution is -0.118. The Morgan fingerprint density at radius 1 is 1.09 bits per heavy atom. The van der Waals surface area contributed by atoms with Crippen LogP contribution in [0.4, 0.5) is 14.6 Å². The fraction of sp³-hybridized carbons (Fsp3) is 0.269. The van der Waals surface area contributed by atoms with E-state index in [1.807, 2.05) is 13.8 Å². The second-order valence-electron chi connectivity index (χ2n) is 9.46. The number of carbonyl (C=O) groups excluding carboxylic acids is 1. The van der Waals surface area contributed by atoms with Crippen LogP contribution in [0, 0.1) is 17.0 Å². The van der Waals surface area contributed by atoms with Gasteiger partial charge >= 0.3 is 0 Å². The van der Waals surface area contributed by atoms with Crippen LogP contribution in [0.15, 0.2) is 69.8 Å². The van der Waals surface area contributed by atoms with Crippen LogP contribution in [-0.4, -0.2) is 15.8 Å². The molecule has 1 unspecified atom stereocenters. The van der Waals surface area contributed by atoms with Crippen molar-refractivity contribution in [2.75, 3.05) is 5.32 Å². The average molecular weight is 480 g/mol. The van der Waals surface area contributed by atoms with Gasteiger partial charge in [-0.05, 0) is 41.2 Å². The SMILES string of the molecule is CC1(C)CC(=O)C2=C(C1)Nc1nc(SCc3ccccc3F)[nH]c(=O)c1C2c1cccc(F)c1. The lowest BCUT2D eigenvalue weighted by Gasteiger charge is -2.38. The Bertz CT molecular complexity index is 1400. The highest BCUT2D eigenvalue weighted by Gasteiger charge is 2.42. The summed E-state index contributed by atoms with van der Waals surface area (Å²) in [5.74, 6) is -0.898. The number of thioether (sulfide) groups is 1. The summed E-state index contributed by atoms with van der Waals surface area (Å²) in [5.41, 5.74) is 1.86. The molecule has 0 fully saturated rings. The van der Waals surface area contributed by atoms with E-state index in [-0.39, 0.29) is 22.6 Å². The van der Waals surface area contributed by atoms with Crippen molar-refractivity contribution in [3.63, 3.8) is 0 Å². The third-order valence-corrected chi connectivity index (χ3v) is 7.13. The number of carbonyl (C=O) groups is 1. The highest BCUT2D eigenvalue weighted by Crippen LogP contribution is 2.47. The molecule has 0 bridgehead atoms. The number of ketones is 1. The number of aromatic amines is 1. The number of anilines is 1. The molecule has 1 aliphatic carbocycles. The molecule has 0 amide bonds. The second-order valence-corrected chi connectivity index (χ2v) is 10.4. The van der Waals surface area contributed by atoms with Gasteiger partial charge in [-0.1, -0.05) is 55.9 Å². The first kappa shape index (κ1) is 22.5. The maximum atomic E-state index is 14.1. The molecule has 8 heteroatoms. The number of rotatable bonds is 4. The summed E-state index contributed by atoms with van der Waals surface area (Å²) in [7, 11) is 0. The molecular formula is C26H23F2N3O2S. The molecule has 2 N–H and O–H groups in total. The van der Waals surface area contributed by atoms with Crippen LogP contribution in [0.3, 0.4) is 0 Å². The van der Waals surface area contributed by atoms with Gasteiger partial charge in [-0.2, -0.15) is 0 Å². The molecule has 0 radical (unpaired) electrons. The summed E-state index contributed by atoms with van der Waals surface area (Å²) in [6.07, 6.45) is 0.947. The fourth-order valence-electron chi connectivity index (χ4n) is 4.74. The zero-order valence-electron chi connectivity index (χ0n) is 18.7. The lowest BCUT2D eigenvalue weighted by Crippen LogP contribution is -2.37. The van der Waals surface area contributed by atoms with Crippen LogP contribution in [0.2, 0.25) is 0 Å². The first-order chi connectivity index (χ1) is 16.2. The Morgan fingerprint density at radius 3 is 2.65 bits per heavy atom. The molecule has 3 aromatic rings. The highest BCUT2D eigenvalue weighted by atomic mass is 32.2. The van der Waals surface area contributed by atoms with Crippen molar-refractivity contribution in [1.29, 1.82) is 0 Å². The van der Waals surface area contributed by atoms with Crippen molar-refractivity contribution in [2.45, 2.75) is 43.5 Å². The summed E-state index contributed by atoms with van der Waals surface area (Å²) in [4.78, 5) is 33.9. The Labute approximate surface area is 199 Å². The maximum Gasteiger partial charge on any atom is 0.257 e. The minimum atomic E-state index is -0.715. The second kappa shape index (κ2) is 8.51. The van der Waals surface area contributed by atoms with Gasteiger partial charge in [0.2, 0.25) is 0 Å². The molecule has 1 aliphatic heterocycles. The molecule has 2 aromatic carbocycles. The number of aromatic nitrogens is 2. The molecule has 5 rings (SSSR count). The normalized spacial score (nSPS) is 18.8. The van der Waals surface area contributed by atoms with Crippen molar-refractivity contribution >= 4 is 23.4 Å². The third kappa shape index (κ3) is 4.18. The molecule has 2 heterocycles. The summed E-state index contributed by atoms with van der Waals surface area (Å²) in [5, 5.41) is 3.57. The van der Waals surface area contributed by atoms with E-state index in [1.54, 1.807) is 30.3 Å². The summed E-state index contributed by atoms with van der Waals surface area (Å²) in [6, 6.07) is 12.4. The summed E-state index contributed by atoms with van der Waals surface area (Å²) < 4.78 is 28.2. The Morgan fingerprint density at radius 2 is 1.88 bits per heavy atom. The molecule has 34 heavy (non-hydrogen) atoms. The van der Waals surface area contributed by atoms with Gasteiger partial charge < -0.3 is 10.3 Å². The van der Waals surface area contributed by atoms with Gasteiger partial charge in [0.1, 0.15) is 17.5 Å². The third-order valence-electron chi connectivity index (χ3n) is 6.20. The van der Waals surface area contributed by atoms with Gasteiger partial charge in [0.15, 0.2) is 10.9 Å². The number of fused-ring (bicyclic) bond motifs is 1. The van der Waals surface area contributed by atoms with Crippen molar-refractivity contribution in [3.8, 4) is 0 Å². The van der Waals surface area contributed by atoms with E-state index in [2.05, 4.69) is 15.3 Å². The number of benzene rings is 2. The monoisotopic (exact) mass is 479 g/mol. The minimum absolute atomic E-state index is 0.0592. The molecule has 0 spiro atoms. The van der Waals surface area contributed by atoms with Crippen LogP contribution in [0.1, 0.15) is 49.3 Å². The number of halogens is 2. The topological polar surface area (TPSA) is 74.8 Å². The van der Waals surface area contributed by atoms with Crippen molar-refractivity contribution < 1.29 is 13.6 Å². The standard InChI is InChI=1S/C26H23F2N3O2S/c1-26(2)11-18-21(19(32)12-26)20(14-7-5-8-16(27)10-14)22-23(29-18)30-25(31-24(22)33)34-13-15-6-3-4-9-17(15)28/h3-10,20H,11-13H2,1-2H3,(H2,29,30,31,33). The minimum Gasteiger partial charge on any atom is -0.343 e. The predicted molar refractivity (Wildman–Crippen MR) is 128 cm³/mol. The average Bonchev–Trinajstić information content (AvgIpc) is 2.76. The van der Waals surface area contributed by atoms with E-state index >= 15 is 0 Å². The largest absolute Gasteiger partial charge is 0.343 e. The first-order valence-electron chi connectivity index (χ1n) is 11.0. The van der Waals surface area contributed by atoms with Crippen LogP contribution >= 0.6 is 11.8 Å². The van der Waals surface area contributed by atoms with Crippen molar-refractivity contribution in [3.05, 3.63) is 98.5 Å². The van der Waals surface area contributed by atoms with E-state index in [4.69, 9.17) is 0 Å². The van der Waals surface area contributed by atoms with Crippen LogP contribution in [-0.2, 0) is 10.5 Å². The number of allylic oxidation sites excluding steroid dienone is 2. The summed E-state index contributed by atoms with van der Waals surface area (Å²) in [6.45, 7) is 4.04. The molecule has 0 saturated heterocycles. The lowest BCUT2D eigenvalue weighted by atomic mass is 9.69. The number of Topliss-reactive ketones (excluding diaryl/α,β-unsaturated/α-hetero) is 1. The van der Waals surface area contributed by atoms with Gasteiger partial charge in [-0.25, -0.2) is 13.8 Å². The van der Waals surface area contributed by atoms with Gasteiger partial charge in [0.05, 0.1) is 5.56 Å². The van der Waals surface area contributed by atoms with E-state index < -0.39 is 17.3 Å². The van der Waals surface area contributed by atoms with Crippen LogP contribution in [0.5, 0.6) is 0 Å². The number of hydrogen-bond acceptors (Lipinski definition) is 5. The zero-order chi connectivity index (χ0) is 24.0. The molecule has 1 aromatic heterocycles. The quantitative estimate of drug-likeness (QED) is 0.380. The Hall–Kier alpha value is -3.26. The van der Waals surface area contributed by atoms with E-state index in [0.717, 1.165) is 0 Å². The smallest absolute Gasteiger partial charge is 0.257 e. The van der Waals surface area contributed by atoms with Crippen molar-refractivity contribution in [2.24, 2.45) is 5.41 Å². The number of nitrogens with one attached hydrogen (secondary N) is 2. The van der Waals surface area contributed by atoms with Gasteiger partial charge in [0.25, 0.3) is 5.56 Å². The van der Waals surface area contributed by atoms with Gasteiger partial charge in [-0.3, -0.25) is 9.59 Å². The highest BCUT2D eigenvalue weighted by molar-refractivity contribution is 7.98. The van der Waals surface area contributed by atoms with Crippen molar-refractivity contribution in [1.82, 2.24) is 9.97 Å². The van der Waals surface area contributed by atoms with Gasteiger partial charge in [0, 0.05) is 29.4 Å². The predicted octanol–water partition coefficient (Wildman–Crippen LogP) is 5.54. The number of hydrogen-bond donors (Lipinski definition) is 2. The fourth-order valence-corrected chi connectivity index (χ4v) is 5.59. The van der Waals surface area contributed by atoms with E-state index in [0.29, 0.717) is 52.0 Å². The maximum absolute atomic E-state index is 14.1. The first-order valence-corrected chi connectivity index (χ1v) is 12.0. The molecule has 5 nitrogen and oxygen atoms in total. The molecule has 1 atom stereocenters. The van der Waals surface area contributed by atoms with E-state index in [9.17, 15) is 18.4 Å². The molecule has 0 saturated carbocycles. The van der Waals surface area contributed by atoms with Crippen LogP contribution < -0.4 is 10.9 Å². The van der Waals surface area contributed by atoms with Gasteiger partial charge in [-0.15, -0.1) is 0 Å². The number of H-pyrrole nitrogens is 1. The molecule has 174 valence electrons. The van der Waals surface area contributed by atoms with E-state index in [1.165, 1.54) is 30.0 Å². The Kier molecular flexibility index (Phi) is 5.64. The molecular weight excluding hydrogens is 456 g/mol. The number of nitrogens with zero attached hydrogens (tertiary/aromatic N) is 1. The zero-order valence-corrected chi connectivity index (χ0v) is 19.6. The van der Waals surface area contributed by atoms with Crippen LogP contribution in [0.25, 0.3) is 0 Å². The molecule has 2 aliphatic rings. The summed E-state index contributed by atoms with van der Waals surface area (Å²) >= 11 is 1.21.